The predicted octanol–water partition coefficient (Wildman–Crippen LogP) is 2.41. The van der Waals surface area contributed by atoms with Crippen LogP contribution >= 0.6 is 0 Å². The fraction of sp³-hybridized carbons (Fsp3) is 0.444. The second-order valence-electron chi connectivity index (χ2n) is 9.88. The summed E-state index contributed by atoms with van der Waals surface area (Å²) in [6, 6.07) is 3.66. The molecule has 3 aliphatic rings. The number of hydrogen-bond acceptors (Lipinski definition) is 7. The van der Waals surface area contributed by atoms with Crippen LogP contribution in [0, 0.1) is 11.6 Å². The average molecular weight is 528 g/mol. The number of pyridine rings is 1. The van der Waals surface area contributed by atoms with Gasteiger partial charge in [0, 0.05) is 45.3 Å². The summed E-state index contributed by atoms with van der Waals surface area (Å²) >= 11 is 0. The van der Waals surface area contributed by atoms with Gasteiger partial charge in [-0.25, -0.2) is 13.8 Å². The molecule has 2 fully saturated rings. The average Bonchev–Trinajstić information content (AvgIpc) is 3.05. The maximum Gasteiger partial charge on any atom is 0.262 e. The molecule has 11 heteroatoms. The van der Waals surface area contributed by atoms with E-state index in [1.54, 1.807) is 9.80 Å². The van der Waals surface area contributed by atoms with Gasteiger partial charge in [-0.1, -0.05) is 12.6 Å². The first-order chi connectivity index (χ1) is 18.2. The molecule has 1 aromatic carbocycles. The van der Waals surface area contributed by atoms with Crippen molar-refractivity contribution in [2.45, 2.75) is 19.0 Å². The van der Waals surface area contributed by atoms with E-state index in [2.05, 4.69) is 16.5 Å². The Morgan fingerprint density at radius 2 is 1.92 bits per heavy atom. The molecule has 0 saturated carbocycles. The SMILES string of the molecule is C=CC(=O)N1CCN2C(=O)c3c(N4CCN(C)C[C@@H]4C)nc(-c4c(F)cccc4OC)c(F)c3OC[C@H]2C1. The van der Waals surface area contributed by atoms with Crippen LogP contribution in [0.3, 0.4) is 0 Å². The maximum absolute atomic E-state index is 16.2. The molecule has 0 N–H and O–H groups in total. The first-order valence-corrected chi connectivity index (χ1v) is 12.6. The Morgan fingerprint density at radius 1 is 1.16 bits per heavy atom. The van der Waals surface area contributed by atoms with E-state index < -0.39 is 23.6 Å². The highest BCUT2D eigenvalue weighted by Crippen LogP contribution is 2.43. The standard InChI is InChI=1S/C27H31F2N5O4/c1-5-20(35)32-10-12-34-17(14-32)15-38-25-22(27(34)36)26(33-11-9-31(3)13-16(33)2)30-24(23(25)29)21-18(28)7-6-8-19(21)37-4/h5-8,16-17H,1,9-15H2,2-4H3/t16-,17+/m0/s1. The molecule has 0 radical (unpaired) electrons. The Hall–Kier alpha value is -3.73. The Kier molecular flexibility index (Phi) is 6.95. The molecule has 38 heavy (non-hydrogen) atoms. The van der Waals surface area contributed by atoms with E-state index in [-0.39, 0.29) is 65.8 Å². The van der Waals surface area contributed by atoms with Gasteiger partial charge in [-0.2, -0.15) is 0 Å². The number of carbonyl (C=O) groups is 2. The summed E-state index contributed by atoms with van der Waals surface area (Å²) < 4.78 is 42.7. The van der Waals surface area contributed by atoms with Gasteiger partial charge in [-0.05, 0) is 32.2 Å². The number of likely N-dealkylation sites (N-methyl/N-ethyl adjacent to an activating group) is 1. The Balaban J connectivity index is 1.68. The molecule has 0 spiro atoms. The number of methoxy groups -OCH3 is 1. The fourth-order valence-electron chi connectivity index (χ4n) is 5.51. The van der Waals surface area contributed by atoms with Crippen LogP contribution in [0.15, 0.2) is 30.9 Å². The molecule has 3 aliphatic heterocycles. The summed E-state index contributed by atoms with van der Waals surface area (Å²) in [6.07, 6.45) is 1.23. The fourth-order valence-corrected chi connectivity index (χ4v) is 5.51. The van der Waals surface area contributed by atoms with Crippen molar-refractivity contribution in [3.8, 4) is 22.8 Å². The van der Waals surface area contributed by atoms with Gasteiger partial charge in [0.15, 0.2) is 11.6 Å². The van der Waals surface area contributed by atoms with Crippen molar-refractivity contribution in [2.75, 3.05) is 64.9 Å². The molecule has 0 bridgehead atoms. The summed E-state index contributed by atoms with van der Waals surface area (Å²) in [4.78, 5) is 38.2. The lowest BCUT2D eigenvalue weighted by Crippen LogP contribution is -2.57. The lowest BCUT2D eigenvalue weighted by atomic mass is 10.0. The van der Waals surface area contributed by atoms with Crippen molar-refractivity contribution in [1.29, 1.82) is 0 Å². The van der Waals surface area contributed by atoms with Gasteiger partial charge >= 0.3 is 0 Å². The van der Waals surface area contributed by atoms with Gasteiger partial charge in [-0.3, -0.25) is 9.59 Å². The second-order valence-corrected chi connectivity index (χ2v) is 9.88. The van der Waals surface area contributed by atoms with Crippen LogP contribution in [-0.2, 0) is 4.79 Å². The number of ether oxygens (including phenoxy) is 2. The summed E-state index contributed by atoms with van der Waals surface area (Å²) in [5.41, 5.74) is -0.404. The molecule has 202 valence electrons. The van der Waals surface area contributed by atoms with Crippen molar-refractivity contribution in [3.05, 3.63) is 48.1 Å². The Morgan fingerprint density at radius 3 is 2.63 bits per heavy atom. The summed E-state index contributed by atoms with van der Waals surface area (Å²) in [6.45, 7) is 8.26. The topological polar surface area (TPSA) is 78.5 Å². The lowest BCUT2D eigenvalue weighted by molar-refractivity contribution is -0.128. The van der Waals surface area contributed by atoms with E-state index in [1.165, 1.54) is 31.4 Å². The van der Waals surface area contributed by atoms with E-state index in [1.807, 2.05) is 18.9 Å². The summed E-state index contributed by atoms with van der Waals surface area (Å²) in [5, 5.41) is 0. The highest BCUT2D eigenvalue weighted by Gasteiger charge is 2.42. The second kappa shape index (κ2) is 10.2. The molecule has 9 nitrogen and oxygen atoms in total. The Labute approximate surface area is 220 Å². The molecular weight excluding hydrogens is 496 g/mol. The minimum atomic E-state index is -0.929. The molecule has 2 amide bonds. The zero-order valence-corrected chi connectivity index (χ0v) is 21.7. The highest BCUT2D eigenvalue weighted by molar-refractivity contribution is 6.03. The van der Waals surface area contributed by atoms with Gasteiger partial charge in [0.2, 0.25) is 5.91 Å². The van der Waals surface area contributed by atoms with Gasteiger partial charge in [0.05, 0.1) is 18.7 Å². The number of nitrogens with zero attached hydrogens (tertiary/aromatic N) is 5. The number of carbonyl (C=O) groups excluding carboxylic acids is 2. The molecule has 1 aromatic heterocycles. The predicted molar refractivity (Wildman–Crippen MR) is 138 cm³/mol. The zero-order valence-electron chi connectivity index (χ0n) is 21.7. The smallest absolute Gasteiger partial charge is 0.262 e. The maximum atomic E-state index is 16.2. The molecule has 2 atom stereocenters. The van der Waals surface area contributed by atoms with Crippen LogP contribution < -0.4 is 14.4 Å². The number of benzene rings is 1. The number of piperazine rings is 2. The zero-order chi connectivity index (χ0) is 27.1. The van der Waals surface area contributed by atoms with Crippen LogP contribution in [0.2, 0.25) is 0 Å². The number of aromatic nitrogens is 1. The van der Waals surface area contributed by atoms with Gasteiger partial charge < -0.3 is 29.1 Å². The third-order valence-electron chi connectivity index (χ3n) is 7.47. The van der Waals surface area contributed by atoms with Crippen LogP contribution in [0.25, 0.3) is 11.3 Å². The number of rotatable bonds is 4. The number of halogens is 2. The first-order valence-electron chi connectivity index (χ1n) is 12.6. The molecule has 2 saturated heterocycles. The van der Waals surface area contributed by atoms with Gasteiger partial charge in [0.1, 0.15) is 35.2 Å². The highest BCUT2D eigenvalue weighted by atomic mass is 19.1. The van der Waals surface area contributed by atoms with E-state index in [9.17, 15) is 9.59 Å². The van der Waals surface area contributed by atoms with Gasteiger partial charge in [-0.15, -0.1) is 0 Å². The molecule has 4 heterocycles. The monoisotopic (exact) mass is 527 g/mol. The Bertz CT molecular complexity index is 1290. The lowest BCUT2D eigenvalue weighted by Gasteiger charge is -2.41. The van der Waals surface area contributed by atoms with Crippen LogP contribution in [-0.4, -0.2) is 104 Å². The normalized spacial score (nSPS) is 21.8. The number of hydrogen-bond donors (Lipinski definition) is 0. The number of fused-ring (bicyclic) bond motifs is 2. The number of amides is 2. The van der Waals surface area contributed by atoms with Crippen molar-refractivity contribution < 1.29 is 27.8 Å². The molecule has 0 unspecified atom stereocenters. The molecule has 2 aromatic rings. The van der Waals surface area contributed by atoms with E-state index in [0.29, 0.717) is 26.2 Å². The first kappa shape index (κ1) is 25.9. The quantitative estimate of drug-likeness (QED) is 0.565. The van der Waals surface area contributed by atoms with Crippen LogP contribution in [0.4, 0.5) is 14.6 Å². The van der Waals surface area contributed by atoms with Crippen LogP contribution in [0.1, 0.15) is 17.3 Å². The van der Waals surface area contributed by atoms with E-state index >= 15 is 8.78 Å². The van der Waals surface area contributed by atoms with Crippen molar-refractivity contribution in [1.82, 2.24) is 19.7 Å². The van der Waals surface area contributed by atoms with Crippen molar-refractivity contribution >= 4 is 17.6 Å². The summed E-state index contributed by atoms with van der Waals surface area (Å²) in [5.74, 6) is -2.20. The van der Waals surface area contributed by atoms with E-state index in [0.717, 1.165) is 0 Å². The minimum absolute atomic E-state index is 0.0176. The van der Waals surface area contributed by atoms with Crippen molar-refractivity contribution in [3.63, 3.8) is 0 Å². The summed E-state index contributed by atoms with van der Waals surface area (Å²) in [7, 11) is 3.38. The largest absolute Gasteiger partial charge is 0.496 e. The third kappa shape index (κ3) is 4.34. The molecular formula is C27H31F2N5O4. The third-order valence-corrected chi connectivity index (χ3v) is 7.47. The van der Waals surface area contributed by atoms with Gasteiger partial charge in [0.25, 0.3) is 5.91 Å². The van der Waals surface area contributed by atoms with E-state index in [4.69, 9.17) is 9.47 Å². The molecule has 5 rings (SSSR count). The number of anilines is 1. The minimum Gasteiger partial charge on any atom is -0.496 e. The van der Waals surface area contributed by atoms with Crippen molar-refractivity contribution in [2.24, 2.45) is 0 Å². The molecule has 0 aliphatic carbocycles. The van der Waals surface area contributed by atoms with Crippen LogP contribution in [0.5, 0.6) is 11.5 Å².